The average molecular weight is 237 g/mol. The first-order chi connectivity index (χ1) is 8.78. The molecule has 0 spiro atoms. The van der Waals surface area contributed by atoms with Gasteiger partial charge in [0.15, 0.2) is 11.5 Å². The molecule has 0 saturated heterocycles. The highest BCUT2D eigenvalue weighted by Crippen LogP contribution is 2.18. The molecule has 2 N–H and O–H groups in total. The molecule has 5 heteroatoms. The number of anilines is 1. The highest BCUT2D eigenvalue weighted by molar-refractivity contribution is 5.63. The summed E-state index contributed by atoms with van der Waals surface area (Å²) in [5.74, 6) is 1.14. The summed E-state index contributed by atoms with van der Waals surface area (Å²) in [6, 6.07) is 7.45. The summed E-state index contributed by atoms with van der Waals surface area (Å²) in [5.41, 5.74) is 8.40. The van der Waals surface area contributed by atoms with Crippen molar-refractivity contribution in [3.8, 4) is 11.4 Å². The second kappa shape index (κ2) is 3.96. The van der Waals surface area contributed by atoms with Gasteiger partial charge in [-0.3, -0.25) is 4.98 Å². The smallest absolute Gasteiger partial charge is 0.183 e. The Morgan fingerprint density at radius 3 is 2.94 bits per heavy atom. The summed E-state index contributed by atoms with van der Waals surface area (Å²) in [6.07, 6.45) is 5.16. The Kier molecular flexibility index (Phi) is 2.30. The van der Waals surface area contributed by atoms with E-state index in [4.69, 9.17) is 5.73 Å². The molecule has 0 bridgehead atoms. The molecular formula is C13H11N5. The summed E-state index contributed by atoms with van der Waals surface area (Å²) < 4.78 is 1.61. The number of fused-ring (bicyclic) bond motifs is 1. The molecule has 0 saturated carbocycles. The maximum atomic E-state index is 5.92. The van der Waals surface area contributed by atoms with Crippen LogP contribution in [0.5, 0.6) is 0 Å². The SMILES string of the molecule is C=Cc1cc(N)n2nc(-c3cccnc3)nc2c1. The van der Waals surface area contributed by atoms with Crippen molar-refractivity contribution in [3.05, 3.63) is 48.8 Å². The fraction of sp³-hybridized carbons (Fsp3) is 0. The molecule has 3 heterocycles. The zero-order chi connectivity index (χ0) is 12.5. The first kappa shape index (κ1) is 10.5. The lowest BCUT2D eigenvalue weighted by molar-refractivity contribution is 0.977. The van der Waals surface area contributed by atoms with Gasteiger partial charge in [0.2, 0.25) is 0 Å². The van der Waals surface area contributed by atoms with Crippen molar-refractivity contribution in [2.24, 2.45) is 0 Å². The van der Waals surface area contributed by atoms with Crippen molar-refractivity contribution in [2.75, 3.05) is 5.73 Å². The molecule has 0 unspecified atom stereocenters. The van der Waals surface area contributed by atoms with Gasteiger partial charge in [0.25, 0.3) is 0 Å². The number of nitrogen functional groups attached to an aromatic ring is 1. The minimum atomic E-state index is 0.532. The van der Waals surface area contributed by atoms with Crippen LogP contribution in [0.4, 0.5) is 5.82 Å². The van der Waals surface area contributed by atoms with Gasteiger partial charge in [0, 0.05) is 18.0 Å². The molecule has 0 fully saturated rings. The summed E-state index contributed by atoms with van der Waals surface area (Å²) >= 11 is 0. The van der Waals surface area contributed by atoms with Gasteiger partial charge in [0.05, 0.1) is 0 Å². The van der Waals surface area contributed by atoms with E-state index >= 15 is 0 Å². The van der Waals surface area contributed by atoms with Crippen molar-refractivity contribution < 1.29 is 0 Å². The Bertz CT molecular complexity index is 715. The summed E-state index contributed by atoms with van der Waals surface area (Å²) in [6.45, 7) is 3.72. The normalized spacial score (nSPS) is 10.7. The number of pyridine rings is 2. The van der Waals surface area contributed by atoms with Gasteiger partial charge in [-0.05, 0) is 29.8 Å². The molecule has 0 aliphatic heterocycles. The molecule has 0 atom stereocenters. The number of nitrogens with zero attached hydrogens (tertiary/aromatic N) is 4. The van der Waals surface area contributed by atoms with E-state index in [1.165, 1.54) is 0 Å². The van der Waals surface area contributed by atoms with Crippen LogP contribution in [0.2, 0.25) is 0 Å². The van der Waals surface area contributed by atoms with Gasteiger partial charge in [0.1, 0.15) is 5.82 Å². The van der Waals surface area contributed by atoms with Gasteiger partial charge in [-0.25, -0.2) is 4.98 Å². The Balaban J connectivity index is 2.23. The van der Waals surface area contributed by atoms with E-state index in [2.05, 4.69) is 21.6 Å². The van der Waals surface area contributed by atoms with E-state index in [0.717, 1.165) is 11.1 Å². The van der Waals surface area contributed by atoms with Crippen molar-refractivity contribution in [1.82, 2.24) is 19.6 Å². The van der Waals surface area contributed by atoms with E-state index in [-0.39, 0.29) is 0 Å². The largest absolute Gasteiger partial charge is 0.384 e. The van der Waals surface area contributed by atoms with Crippen LogP contribution in [0.1, 0.15) is 5.56 Å². The average Bonchev–Trinajstić information content (AvgIpc) is 2.84. The van der Waals surface area contributed by atoms with Gasteiger partial charge in [-0.15, -0.1) is 5.10 Å². The quantitative estimate of drug-likeness (QED) is 0.740. The predicted molar refractivity (Wildman–Crippen MR) is 70.7 cm³/mol. The lowest BCUT2D eigenvalue weighted by Crippen LogP contribution is -1.98. The second-order valence-corrected chi connectivity index (χ2v) is 3.86. The van der Waals surface area contributed by atoms with Crippen molar-refractivity contribution in [1.29, 1.82) is 0 Å². The molecule has 5 nitrogen and oxygen atoms in total. The third-order valence-electron chi connectivity index (χ3n) is 2.64. The number of hydrogen-bond acceptors (Lipinski definition) is 4. The molecule has 0 radical (unpaired) electrons. The standard InChI is InChI=1S/C13H11N5/c1-2-9-6-11(14)18-12(7-9)16-13(17-18)10-4-3-5-15-8-10/h2-8H,1,14H2. The molecule has 0 amide bonds. The Morgan fingerprint density at radius 1 is 1.33 bits per heavy atom. The second-order valence-electron chi connectivity index (χ2n) is 3.86. The maximum Gasteiger partial charge on any atom is 0.183 e. The van der Waals surface area contributed by atoms with Crippen LogP contribution in [0.25, 0.3) is 23.1 Å². The van der Waals surface area contributed by atoms with Gasteiger partial charge in [-0.2, -0.15) is 4.52 Å². The fourth-order valence-electron chi connectivity index (χ4n) is 1.77. The highest BCUT2D eigenvalue weighted by atomic mass is 15.3. The molecular weight excluding hydrogens is 226 g/mol. The first-order valence-electron chi connectivity index (χ1n) is 5.47. The molecule has 3 aromatic rings. The molecule has 88 valence electrons. The maximum absolute atomic E-state index is 5.92. The van der Waals surface area contributed by atoms with Crippen LogP contribution < -0.4 is 5.73 Å². The van der Waals surface area contributed by atoms with Gasteiger partial charge >= 0.3 is 0 Å². The zero-order valence-corrected chi connectivity index (χ0v) is 9.61. The Morgan fingerprint density at radius 2 is 2.22 bits per heavy atom. The summed E-state index contributed by atoms with van der Waals surface area (Å²) in [5, 5.41) is 4.36. The molecule has 0 aromatic carbocycles. The Labute approximate surface area is 104 Å². The number of rotatable bonds is 2. The third-order valence-corrected chi connectivity index (χ3v) is 2.64. The number of nitrogens with two attached hydrogens (primary N) is 1. The monoisotopic (exact) mass is 237 g/mol. The van der Waals surface area contributed by atoms with Crippen molar-refractivity contribution >= 4 is 17.5 Å². The van der Waals surface area contributed by atoms with Crippen LogP contribution in [-0.2, 0) is 0 Å². The van der Waals surface area contributed by atoms with Crippen LogP contribution in [0, 0.1) is 0 Å². The Hall–Kier alpha value is -2.69. The first-order valence-corrected chi connectivity index (χ1v) is 5.47. The van der Waals surface area contributed by atoms with E-state index < -0.39 is 0 Å². The van der Waals surface area contributed by atoms with Gasteiger partial charge in [-0.1, -0.05) is 12.7 Å². The molecule has 0 aliphatic carbocycles. The molecule has 3 aromatic heterocycles. The minimum Gasteiger partial charge on any atom is -0.384 e. The highest BCUT2D eigenvalue weighted by Gasteiger charge is 2.08. The van der Waals surface area contributed by atoms with Crippen molar-refractivity contribution in [2.45, 2.75) is 0 Å². The fourth-order valence-corrected chi connectivity index (χ4v) is 1.77. The third kappa shape index (κ3) is 1.62. The van der Waals surface area contributed by atoms with Crippen LogP contribution in [-0.4, -0.2) is 19.6 Å². The molecule has 18 heavy (non-hydrogen) atoms. The lowest BCUT2D eigenvalue weighted by Gasteiger charge is -1.98. The number of aromatic nitrogens is 4. The van der Waals surface area contributed by atoms with E-state index in [9.17, 15) is 0 Å². The van der Waals surface area contributed by atoms with Crippen molar-refractivity contribution in [3.63, 3.8) is 0 Å². The van der Waals surface area contributed by atoms with E-state index in [1.807, 2.05) is 24.3 Å². The van der Waals surface area contributed by atoms with Crippen LogP contribution >= 0.6 is 0 Å². The van der Waals surface area contributed by atoms with E-state index in [0.29, 0.717) is 17.3 Å². The predicted octanol–water partition coefficient (Wildman–Crippen LogP) is 2.02. The van der Waals surface area contributed by atoms with Crippen LogP contribution in [0.15, 0.2) is 43.2 Å². The summed E-state index contributed by atoms with van der Waals surface area (Å²) in [7, 11) is 0. The summed E-state index contributed by atoms with van der Waals surface area (Å²) in [4.78, 5) is 8.49. The van der Waals surface area contributed by atoms with E-state index in [1.54, 1.807) is 23.0 Å². The molecule has 0 aliphatic rings. The topological polar surface area (TPSA) is 69.1 Å². The van der Waals surface area contributed by atoms with Crippen LogP contribution in [0.3, 0.4) is 0 Å². The lowest BCUT2D eigenvalue weighted by atomic mass is 10.2. The molecule has 3 rings (SSSR count). The number of hydrogen-bond donors (Lipinski definition) is 1. The minimum absolute atomic E-state index is 0.532. The zero-order valence-electron chi connectivity index (χ0n) is 9.61. The van der Waals surface area contributed by atoms with Gasteiger partial charge < -0.3 is 5.73 Å².